The SMILES string of the molecule is COc1ccc(N2C[C@@H](C(=O)NCC(C)(C)N3C[C@@H](C)O[C@@H](C)C3)CC2=O)cc1. The Bertz CT molecular complexity index is 724. The van der Waals surface area contributed by atoms with E-state index in [-0.39, 0.29) is 41.9 Å². The van der Waals surface area contributed by atoms with E-state index in [0.29, 0.717) is 13.1 Å². The Kier molecular flexibility index (Phi) is 6.49. The van der Waals surface area contributed by atoms with Gasteiger partial charge in [0.1, 0.15) is 5.75 Å². The zero-order chi connectivity index (χ0) is 21.2. The first kappa shape index (κ1) is 21.6. The number of nitrogens with zero attached hydrogens (tertiary/aromatic N) is 2. The third-order valence-corrected chi connectivity index (χ3v) is 5.85. The van der Waals surface area contributed by atoms with E-state index < -0.39 is 0 Å². The van der Waals surface area contributed by atoms with Gasteiger partial charge in [0.25, 0.3) is 0 Å². The van der Waals surface area contributed by atoms with Crippen molar-refractivity contribution in [1.82, 2.24) is 10.2 Å². The van der Waals surface area contributed by atoms with Gasteiger partial charge >= 0.3 is 0 Å². The van der Waals surface area contributed by atoms with Crippen LogP contribution in [0.4, 0.5) is 5.69 Å². The molecule has 2 aliphatic rings. The van der Waals surface area contributed by atoms with Crippen LogP contribution in [0.3, 0.4) is 0 Å². The Labute approximate surface area is 173 Å². The molecule has 7 nitrogen and oxygen atoms in total. The number of carbonyl (C=O) groups excluding carboxylic acids is 2. The lowest BCUT2D eigenvalue weighted by Gasteiger charge is -2.45. The molecule has 2 saturated heterocycles. The average molecular weight is 404 g/mol. The van der Waals surface area contributed by atoms with Gasteiger partial charge in [-0.25, -0.2) is 0 Å². The molecule has 7 heteroatoms. The van der Waals surface area contributed by atoms with Crippen molar-refractivity contribution in [2.45, 2.75) is 51.9 Å². The first-order valence-corrected chi connectivity index (χ1v) is 10.3. The summed E-state index contributed by atoms with van der Waals surface area (Å²) in [5.41, 5.74) is 0.614. The third kappa shape index (κ3) is 5.08. The van der Waals surface area contributed by atoms with Crippen molar-refractivity contribution in [3.63, 3.8) is 0 Å². The lowest BCUT2D eigenvalue weighted by molar-refractivity contribution is -0.127. The molecule has 0 unspecified atom stereocenters. The maximum Gasteiger partial charge on any atom is 0.227 e. The predicted molar refractivity (Wildman–Crippen MR) is 112 cm³/mol. The highest BCUT2D eigenvalue weighted by molar-refractivity contribution is 6.00. The molecule has 1 N–H and O–H groups in total. The molecular weight excluding hydrogens is 370 g/mol. The molecule has 2 aliphatic heterocycles. The van der Waals surface area contributed by atoms with Crippen molar-refractivity contribution in [3.8, 4) is 5.75 Å². The van der Waals surface area contributed by atoms with Crippen molar-refractivity contribution in [2.75, 3.05) is 38.2 Å². The van der Waals surface area contributed by atoms with Crippen molar-refractivity contribution in [1.29, 1.82) is 0 Å². The summed E-state index contributed by atoms with van der Waals surface area (Å²) in [6, 6.07) is 7.34. The van der Waals surface area contributed by atoms with Gasteiger partial charge in [0.05, 0.1) is 25.2 Å². The van der Waals surface area contributed by atoms with E-state index in [1.165, 1.54) is 0 Å². The Balaban J connectivity index is 1.56. The van der Waals surface area contributed by atoms with Gasteiger partial charge < -0.3 is 19.7 Å². The molecule has 1 aromatic carbocycles. The Morgan fingerprint density at radius 2 is 1.79 bits per heavy atom. The molecule has 1 aromatic rings. The van der Waals surface area contributed by atoms with Gasteiger partial charge in [-0.3, -0.25) is 14.5 Å². The number of morpholine rings is 1. The van der Waals surface area contributed by atoms with Crippen LogP contribution >= 0.6 is 0 Å². The van der Waals surface area contributed by atoms with Crippen LogP contribution in [-0.4, -0.2) is 67.7 Å². The normalized spacial score (nSPS) is 25.9. The second kappa shape index (κ2) is 8.71. The molecule has 0 radical (unpaired) electrons. The Morgan fingerprint density at radius 1 is 1.17 bits per heavy atom. The van der Waals surface area contributed by atoms with Crippen molar-refractivity contribution in [3.05, 3.63) is 24.3 Å². The van der Waals surface area contributed by atoms with Gasteiger partial charge in [-0.15, -0.1) is 0 Å². The topological polar surface area (TPSA) is 71.1 Å². The molecular formula is C22H33N3O4. The first-order chi connectivity index (χ1) is 13.7. The minimum atomic E-state index is -0.331. The summed E-state index contributed by atoms with van der Waals surface area (Å²) in [5.74, 6) is 0.328. The van der Waals surface area contributed by atoms with E-state index in [9.17, 15) is 9.59 Å². The molecule has 2 amide bonds. The molecule has 0 spiro atoms. The number of rotatable bonds is 6. The molecule has 0 aromatic heterocycles. The van der Waals surface area contributed by atoms with Gasteiger partial charge in [0.15, 0.2) is 0 Å². The minimum Gasteiger partial charge on any atom is -0.497 e. The molecule has 2 heterocycles. The number of benzene rings is 1. The highest BCUT2D eigenvalue weighted by atomic mass is 16.5. The first-order valence-electron chi connectivity index (χ1n) is 10.3. The summed E-state index contributed by atoms with van der Waals surface area (Å²) >= 11 is 0. The maximum atomic E-state index is 12.8. The van der Waals surface area contributed by atoms with E-state index in [4.69, 9.17) is 9.47 Å². The number of anilines is 1. The number of amides is 2. The monoisotopic (exact) mass is 403 g/mol. The van der Waals surface area contributed by atoms with Gasteiger partial charge in [-0.2, -0.15) is 0 Å². The molecule has 29 heavy (non-hydrogen) atoms. The number of carbonyl (C=O) groups is 2. The van der Waals surface area contributed by atoms with Crippen LogP contribution in [0.2, 0.25) is 0 Å². The number of nitrogens with one attached hydrogen (secondary N) is 1. The highest BCUT2D eigenvalue weighted by Crippen LogP contribution is 2.27. The smallest absolute Gasteiger partial charge is 0.227 e. The number of hydrogen-bond donors (Lipinski definition) is 1. The van der Waals surface area contributed by atoms with Gasteiger partial charge in [0, 0.05) is 43.8 Å². The molecule has 2 fully saturated rings. The van der Waals surface area contributed by atoms with Crippen LogP contribution in [0.25, 0.3) is 0 Å². The second-order valence-electron chi connectivity index (χ2n) is 8.80. The van der Waals surface area contributed by atoms with Crippen LogP contribution in [0.5, 0.6) is 5.75 Å². The van der Waals surface area contributed by atoms with E-state index in [1.54, 1.807) is 12.0 Å². The Hall–Kier alpha value is -2.12. The lowest BCUT2D eigenvalue weighted by atomic mass is 9.99. The molecule has 160 valence electrons. The molecule has 0 bridgehead atoms. The van der Waals surface area contributed by atoms with E-state index >= 15 is 0 Å². The fourth-order valence-corrected chi connectivity index (χ4v) is 4.13. The summed E-state index contributed by atoms with van der Waals surface area (Å²) in [5, 5.41) is 3.08. The molecule has 0 aliphatic carbocycles. The van der Waals surface area contributed by atoms with Gasteiger partial charge in [-0.05, 0) is 52.0 Å². The maximum absolute atomic E-state index is 12.8. The summed E-state index contributed by atoms with van der Waals surface area (Å²) in [4.78, 5) is 29.3. The molecule has 3 rings (SSSR count). The number of methoxy groups -OCH3 is 1. The van der Waals surface area contributed by atoms with Gasteiger partial charge in [0.2, 0.25) is 11.8 Å². The summed E-state index contributed by atoms with van der Waals surface area (Å²) in [7, 11) is 1.61. The number of hydrogen-bond acceptors (Lipinski definition) is 5. The van der Waals surface area contributed by atoms with Crippen LogP contribution in [0.1, 0.15) is 34.1 Å². The fourth-order valence-electron chi connectivity index (χ4n) is 4.13. The van der Waals surface area contributed by atoms with Crippen molar-refractivity contribution in [2.24, 2.45) is 5.92 Å². The van der Waals surface area contributed by atoms with Crippen molar-refractivity contribution < 1.29 is 19.1 Å². The third-order valence-electron chi connectivity index (χ3n) is 5.85. The van der Waals surface area contributed by atoms with Crippen LogP contribution < -0.4 is 15.0 Å². The van der Waals surface area contributed by atoms with E-state index in [2.05, 4.69) is 37.9 Å². The van der Waals surface area contributed by atoms with E-state index in [0.717, 1.165) is 24.5 Å². The van der Waals surface area contributed by atoms with Crippen molar-refractivity contribution >= 4 is 17.5 Å². The van der Waals surface area contributed by atoms with Crippen LogP contribution in [0, 0.1) is 5.92 Å². The summed E-state index contributed by atoms with van der Waals surface area (Å²) in [6.07, 6.45) is 0.600. The summed E-state index contributed by atoms with van der Waals surface area (Å²) < 4.78 is 11.0. The zero-order valence-electron chi connectivity index (χ0n) is 18.1. The largest absolute Gasteiger partial charge is 0.497 e. The minimum absolute atomic E-state index is 0.0228. The van der Waals surface area contributed by atoms with E-state index in [1.807, 2.05) is 24.3 Å². The predicted octanol–water partition coefficient (Wildman–Crippen LogP) is 2.05. The molecule has 3 atom stereocenters. The number of ether oxygens (including phenoxy) is 2. The average Bonchev–Trinajstić information content (AvgIpc) is 3.07. The highest BCUT2D eigenvalue weighted by Gasteiger charge is 2.37. The quantitative estimate of drug-likeness (QED) is 0.787. The fraction of sp³-hybridized carbons (Fsp3) is 0.636. The van der Waals surface area contributed by atoms with Crippen LogP contribution in [0.15, 0.2) is 24.3 Å². The zero-order valence-corrected chi connectivity index (χ0v) is 18.1. The second-order valence-corrected chi connectivity index (χ2v) is 8.80. The van der Waals surface area contributed by atoms with Gasteiger partial charge in [-0.1, -0.05) is 0 Å². The molecule has 0 saturated carbocycles. The Morgan fingerprint density at radius 3 is 2.38 bits per heavy atom. The van der Waals surface area contributed by atoms with Crippen LogP contribution in [-0.2, 0) is 14.3 Å². The standard InChI is InChI=1S/C22H33N3O4/c1-15-11-24(12-16(2)29-15)22(3,4)14-23-21(27)17-10-20(26)25(13-17)18-6-8-19(28-5)9-7-18/h6-9,15-17H,10-14H2,1-5H3,(H,23,27)/t15-,16+,17-/m0/s1. The lowest BCUT2D eigenvalue weighted by Crippen LogP contribution is -2.59. The summed E-state index contributed by atoms with van der Waals surface area (Å²) in [6.45, 7) is 11.1.